The van der Waals surface area contributed by atoms with Crippen LogP contribution in [0.4, 0.5) is 5.69 Å². The van der Waals surface area contributed by atoms with Gasteiger partial charge >= 0.3 is 5.97 Å². The molecule has 0 aliphatic carbocycles. The van der Waals surface area contributed by atoms with E-state index in [1.807, 2.05) is 50.1 Å². The van der Waals surface area contributed by atoms with Gasteiger partial charge in [0.1, 0.15) is 5.75 Å². The number of benzene rings is 1. The van der Waals surface area contributed by atoms with Crippen molar-refractivity contribution in [2.75, 3.05) is 18.5 Å². The molecule has 0 amide bonds. The van der Waals surface area contributed by atoms with Crippen LogP contribution in [0.5, 0.6) is 5.75 Å². The van der Waals surface area contributed by atoms with Gasteiger partial charge in [0.25, 0.3) is 0 Å². The van der Waals surface area contributed by atoms with Crippen molar-refractivity contribution < 1.29 is 14.6 Å². The van der Waals surface area contributed by atoms with Gasteiger partial charge in [-0.05, 0) is 26.0 Å². The third-order valence-corrected chi connectivity index (χ3v) is 2.30. The van der Waals surface area contributed by atoms with Crippen LogP contribution >= 0.6 is 0 Å². The highest BCUT2D eigenvalue weighted by atomic mass is 16.5. The lowest BCUT2D eigenvalue weighted by Crippen LogP contribution is -2.22. The fourth-order valence-corrected chi connectivity index (χ4v) is 1.51. The first-order valence-corrected chi connectivity index (χ1v) is 5.69. The zero-order valence-electron chi connectivity index (χ0n) is 10.5. The maximum absolute atomic E-state index is 10.5. The number of anilines is 1. The smallest absolute Gasteiger partial charge is 0.305 e. The third-order valence-electron chi connectivity index (χ3n) is 2.30. The molecule has 1 aromatic carbocycles. The number of nitrogens with zero attached hydrogens (tertiary/aromatic N) is 1. The predicted molar refractivity (Wildman–Crippen MR) is 67.7 cm³/mol. The van der Waals surface area contributed by atoms with E-state index >= 15 is 0 Å². The summed E-state index contributed by atoms with van der Waals surface area (Å²) in [5.74, 6) is -0.00509. The monoisotopic (exact) mass is 237 g/mol. The van der Waals surface area contributed by atoms with Crippen LogP contribution in [0.1, 0.15) is 20.3 Å². The minimum Gasteiger partial charge on any atom is -0.489 e. The molecule has 17 heavy (non-hydrogen) atoms. The van der Waals surface area contributed by atoms with Gasteiger partial charge < -0.3 is 14.7 Å². The molecule has 94 valence electrons. The van der Waals surface area contributed by atoms with Crippen LogP contribution in [-0.4, -0.2) is 30.8 Å². The fourth-order valence-electron chi connectivity index (χ4n) is 1.51. The first-order chi connectivity index (χ1) is 8.00. The maximum atomic E-state index is 10.5. The molecule has 4 heteroatoms. The van der Waals surface area contributed by atoms with Crippen molar-refractivity contribution in [3.8, 4) is 5.75 Å². The van der Waals surface area contributed by atoms with E-state index in [-0.39, 0.29) is 12.5 Å². The molecule has 0 saturated carbocycles. The molecule has 0 spiro atoms. The summed E-state index contributed by atoms with van der Waals surface area (Å²) in [6.07, 6.45) is 0.219. The van der Waals surface area contributed by atoms with Crippen molar-refractivity contribution in [1.29, 1.82) is 0 Å². The normalized spacial score (nSPS) is 10.4. The molecular formula is C13H19NO3. The lowest BCUT2D eigenvalue weighted by atomic mass is 10.2. The summed E-state index contributed by atoms with van der Waals surface area (Å²) >= 11 is 0. The number of hydrogen-bond acceptors (Lipinski definition) is 3. The van der Waals surface area contributed by atoms with Crippen LogP contribution in [0, 0.1) is 0 Å². The Morgan fingerprint density at radius 1 is 1.41 bits per heavy atom. The molecule has 1 N–H and O–H groups in total. The fraction of sp³-hybridized carbons (Fsp3) is 0.462. The Labute approximate surface area is 102 Å². The zero-order chi connectivity index (χ0) is 12.8. The summed E-state index contributed by atoms with van der Waals surface area (Å²) in [6.45, 7) is 4.40. The second-order valence-corrected chi connectivity index (χ2v) is 4.20. The highest BCUT2D eigenvalue weighted by Crippen LogP contribution is 2.27. The van der Waals surface area contributed by atoms with E-state index in [0.29, 0.717) is 6.54 Å². The minimum atomic E-state index is -0.792. The summed E-state index contributed by atoms with van der Waals surface area (Å²) < 4.78 is 5.68. The average molecular weight is 237 g/mol. The maximum Gasteiger partial charge on any atom is 0.305 e. The molecule has 1 aromatic rings. The van der Waals surface area contributed by atoms with E-state index in [1.54, 1.807) is 0 Å². The van der Waals surface area contributed by atoms with Gasteiger partial charge in [-0.2, -0.15) is 0 Å². The number of carboxylic acid groups (broad SMARTS) is 1. The third kappa shape index (κ3) is 4.34. The van der Waals surface area contributed by atoms with Crippen LogP contribution in [0.3, 0.4) is 0 Å². The van der Waals surface area contributed by atoms with Crippen LogP contribution in [0.15, 0.2) is 24.3 Å². The molecule has 0 radical (unpaired) electrons. The van der Waals surface area contributed by atoms with E-state index in [4.69, 9.17) is 9.84 Å². The lowest BCUT2D eigenvalue weighted by Gasteiger charge is -2.22. The van der Waals surface area contributed by atoms with E-state index in [2.05, 4.69) is 0 Å². The van der Waals surface area contributed by atoms with Gasteiger partial charge in [-0.3, -0.25) is 4.79 Å². The number of carboxylic acids is 1. The average Bonchev–Trinajstić information content (AvgIpc) is 2.25. The van der Waals surface area contributed by atoms with Crippen molar-refractivity contribution >= 4 is 11.7 Å². The van der Waals surface area contributed by atoms with Gasteiger partial charge in [-0.15, -0.1) is 0 Å². The summed E-state index contributed by atoms with van der Waals surface area (Å²) in [7, 11) is 1.87. The molecule has 0 aromatic heterocycles. The Hall–Kier alpha value is -1.71. The van der Waals surface area contributed by atoms with E-state index in [1.165, 1.54) is 0 Å². The Balaban J connectivity index is 2.77. The standard InChI is InChI=1S/C13H19NO3/c1-10(2)17-12-7-5-4-6-11(12)14(3)9-8-13(15)16/h4-7,10H,8-9H2,1-3H3,(H,15,16). The number of para-hydroxylation sites is 2. The van der Waals surface area contributed by atoms with Crippen LogP contribution in [0.25, 0.3) is 0 Å². The van der Waals surface area contributed by atoms with Crippen molar-refractivity contribution in [3.63, 3.8) is 0 Å². The molecule has 0 bridgehead atoms. The Morgan fingerprint density at radius 2 is 2.06 bits per heavy atom. The molecule has 0 saturated heterocycles. The molecular weight excluding hydrogens is 218 g/mol. The van der Waals surface area contributed by atoms with Crippen LogP contribution in [-0.2, 0) is 4.79 Å². The topological polar surface area (TPSA) is 49.8 Å². The first kappa shape index (κ1) is 13.4. The molecule has 4 nitrogen and oxygen atoms in total. The van der Waals surface area contributed by atoms with Crippen molar-refractivity contribution in [3.05, 3.63) is 24.3 Å². The van der Waals surface area contributed by atoms with Gasteiger partial charge in [0.05, 0.1) is 18.2 Å². The Kier molecular flexibility index (Phi) is 4.82. The molecule has 0 fully saturated rings. The van der Waals surface area contributed by atoms with Gasteiger partial charge in [0.2, 0.25) is 0 Å². The van der Waals surface area contributed by atoms with Gasteiger partial charge in [0, 0.05) is 13.6 Å². The van der Waals surface area contributed by atoms with E-state index < -0.39 is 5.97 Å². The summed E-state index contributed by atoms with van der Waals surface area (Å²) in [5.41, 5.74) is 0.919. The molecule has 0 unspecified atom stereocenters. The van der Waals surface area contributed by atoms with Crippen molar-refractivity contribution in [2.24, 2.45) is 0 Å². The quantitative estimate of drug-likeness (QED) is 0.825. The number of carbonyl (C=O) groups is 1. The molecule has 1 rings (SSSR count). The number of aliphatic carboxylic acids is 1. The van der Waals surface area contributed by atoms with Crippen LogP contribution in [0.2, 0.25) is 0 Å². The van der Waals surface area contributed by atoms with Gasteiger partial charge in [0.15, 0.2) is 0 Å². The largest absolute Gasteiger partial charge is 0.489 e. The van der Waals surface area contributed by atoms with Crippen molar-refractivity contribution in [1.82, 2.24) is 0 Å². The molecule has 0 atom stereocenters. The van der Waals surface area contributed by atoms with E-state index in [9.17, 15) is 4.79 Å². The SMILES string of the molecule is CC(C)Oc1ccccc1N(C)CCC(=O)O. The van der Waals surface area contributed by atoms with Crippen LogP contribution < -0.4 is 9.64 Å². The van der Waals surface area contributed by atoms with Crippen molar-refractivity contribution in [2.45, 2.75) is 26.4 Å². The number of ether oxygens (including phenoxy) is 1. The zero-order valence-corrected chi connectivity index (χ0v) is 10.5. The van der Waals surface area contributed by atoms with Gasteiger partial charge in [-0.1, -0.05) is 12.1 Å². The highest BCUT2D eigenvalue weighted by Gasteiger charge is 2.10. The Bertz CT molecular complexity index is 377. The summed E-state index contributed by atoms with van der Waals surface area (Å²) in [5, 5.41) is 8.67. The number of rotatable bonds is 6. The summed E-state index contributed by atoms with van der Waals surface area (Å²) in [4.78, 5) is 12.4. The predicted octanol–water partition coefficient (Wildman–Crippen LogP) is 2.38. The first-order valence-electron chi connectivity index (χ1n) is 5.69. The molecule has 0 heterocycles. The Morgan fingerprint density at radius 3 is 2.65 bits per heavy atom. The second-order valence-electron chi connectivity index (χ2n) is 4.20. The molecule has 0 aliphatic rings. The minimum absolute atomic E-state index is 0.101. The lowest BCUT2D eigenvalue weighted by molar-refractivity contribution is -0.136. The molecule has 0 aliphatic heterocycles. The number of hydrogen-bond donors (Lipinski definition) is 1. The van der Waals surface area contributed by atoms with Gasteiger partial charge in [-0.25, -0.2) is 0 Å². The summed E-state index contributed by atoms with van der Waals surface area (Å²) in [6, 6.07) is 7.65. The second kappa shape index (κ2) is 6.13. The van der Waals surface area contributed by atoms with E-state index in [0.717, 1.165) is 11.4 Å². The highest BCUT2D eigenvalue weighted by molar-refractivity contribution is 5.68.